The number of hydrogen-bond acceptors (Lipinski definition) is 4. The molecule has 23 heavy (non-hydrogen) atoms. The van der Waals surface area contributed by atoms with E-state index in [1.165, 1.54) is 0 Å². The fraction of sp³-hybridized carbons (Fsp3) is 0.263. The quantitative estimate of drug-likeness (QED) is 0.657. The van der Waals surface area contributed by atoms with E-state index >= 15 is 0 Å². The molecule has 1 atom stereocenters. The smallest absolute Gasteiger partial charge is 0.340 e. The number of ether oxygens (including phenoxy) is 1. The van der Waals surface area contributed by atoms with Crippen LogP contribution < -0.4 is 0 Å². The van der Waals surface area contributed by atoms with E-state index in [2.05, 4.69) is 13.8 Å². The van der Waals surface area contributed by atoms with E-state index in [9.17, 15) is 14.7 Å². The topological polar surface area (TPSA) is 63.6 Å². The molecule has 4 nitrogen and oxygen atoms in total. The van der Waals surface area contributed by atoms with Gasteiger partial charge >= 0.3 is 5.97 Å². The van der Waals surface area contributed by atoms with Gasteiger partial charge in [-0.05, 0) is 17.0 Å². The van der Waals surface area contributed by atoms with Crippen LogP contribution in [0.25, 0.3) is 0 Å². The number of aliphatic hydroxyl groups excluding tert-OH is 1. The molecular weight excluding hydrogens is 292 g/mol. The zero-order valence-electron chi connectivity index (χ0n) is 13.2. The van der Waals surface area contributed by atoms with Crippen molar-refractivity contribution in [1.82, 2.24) is 0 Å². The zero-order chi connectivity index (χ0) is 16.8. The summed E-state index contributed by atoms with van der Waals surface area (Å²) in [6.45, 7) is 3.76. The lowest BCUT2D eigenvalue weighted by atomic mass is 10.0. The Morgan fingerprint density at radius 3 is 2.13 bits per heavy atom. The number of Topliss-reactive ketones (excluding diaryl/α,β-unsaturated/α-hetero) is 1. The van der Waals surface area contributed by atoms with Crippen molar-refractivity contribution in [3.05, 3.63) is 71.3 Å². The molecule has 0 heterocycles. The lowest BCUT2D eigenvalue weighted by molar-refractivity contribution is -0.152. The van der Waals surface area contributed by atoms with E-state index in [1.807, 2.05) is 12.1 Å². The van der Waals surface area contributed by atoms with Gasteiger partial charge in [-0.25, -0.2) is 4.79 Å². The van der Waals surface area contributed by atoms with Gasteiger partial charge in [0, 0.05) is 5.56 Å². The molecule has 0 saturated heterocycles. The molecule has 120 valence electrons. The van der Waals surface area contributed by atoms with Crippen molar-refractivity contribution < 1.29 is 19.4 Å². The van der Waals surface area contributed by atoms with E-state index in [1.54, 1.807) is 42.5 Å². The minimum absolute atomic E-state index is 0.297. The largest absolute Gasteiger partial charge is 0.455 e. The molecule has 0 saturated carbocycles. The third-order valence-corrected chi connectivity index (χ3v) is 3.58. The fourth-order valence-corrected chi connectivity index (χ4v) is 2.12. The normalized spacial score (nSPS) is 12.0. The Hall–Kier alpha value is -2.46. The van der Waals surface area contributed by atoms with Crippen LogP contribution in [0.2, 0.25) is 0 Å². The Morgan fingerprint density at radius 1 is 0.957 bits per heavy atom. The van der Waals surface area contributed by atoms with Crippen molar-refractivity contribution in [1.29, 1.82) is 0 Å². The van der Waals surface area contributed by atoms with Crippen LogP contribution in [-0.2, 0) is 9.53 Å². The van der Waals surface area contributed by atoms with Crippen molar-refractivity contribution in [3.8, 4) is 0 Å². The van der Waals surface area contributed by atoms with Gasteiger partial charge in [0.25, 0.3) is 0 Å². The third kappa shape index (κ3) is 4.50. The Kier molecular flexibility index (Phi) is 5.66. The van der Waals surface area contributed by atoms with Gasteiger partial charge in [0.1, 0.15) is 0 Å². The molecular formula is C19H20O4. The second-order valence-corrected chi connectivity index (χ2v) is 5.62. The van der Waals surface area contributed by atoms with Gasteiger partial charge < -0.3 is 9.84 Å². The molecule has 2 aromatic rings. The number of rotatable bonds is 6. The van der Waals surface area contributed by atoms with E-state index in [4.69, 9.17) is 4.74 Å². The van der Waals surface area contributed by atoms with Crippen molar-refractivity contribution in [2.24, 2.45) is 0 Å². The zero-order valence-corrected chi connectivity index (χ0v) is 13.2. The van der Waals surface area contributed by atoms with Crippen molar-refractivity contribution in [2.45, 2.75) is 25.9 Å². The lowest BCUT2D eigenvalue weighted by Crippen LogP contribution is -2.20. The van der Waals surface area contributed by atoms with Crippen LogP contribution in [0.5, 0.6) is 0 Å². The molecule has 0 bridgehead atoms. The van der Waals surface area contributed by atoms with E-state index in [-0.39, 0.29) is 12.4 Å². The highest BCUT2D eigenvalue weighted by molar-refractivity contribution is 5.98. The lowest BCUT2D eigenvalue weighted by Gasteiger charge is -2.11. The highest BCUT2D eigenvalue weighted by Crippen LogP contribution is 2.16. The summed E-state index contributed by atoms with van der Waals surface area (Å²) in [6, 6.07) is 15.7. The van der Waals surface area contributed by atoms with Crippen molar-refractivity contribution >= 4 is 11.8 Å². The maximum Gasteiger partial charge on any atom is 0.340 e. The van der Waals surface area contributed by atoms with Crippen molar-refractivity contribution in [2.75, 3.05) is 6.61 Å². The summed E-state index contributed by atoms with van der Waals surface area (Å²) in [4.78, 5) is 23.8. The summed E-state index contributed by atoms with van der Waals surface area (Å²) >= 11 is 0. The summed E-state index contributed by atoms with van der Waals surface area (Å²) in [7, 11) is 0. The fourth-order valence-electron chi connectivity index (χ4n) is 2.12. The number of carbonyl (C=O) groups is 2. The number of aliphatic hydroxyl groups is 1. The summed E-state index contributed by atoms with van der Waals surface area (Å²) in [5, 5.41) is 9.88. The molecule has 0 aliphatic rings. The predicted molar refractivity (Wildman–Crippen MR) is 87.2 cm³/mol. The highest BCUT2D eigenvalue weighted by Gasteiger charge is 2.20. The monoisotopic (exact) mass is 312 g/mol. The summed E-state index contributed by atoms with van der Waals surface area (Å²) in [6.07, 6.45) is -1.38. The number of carbonyl (C=O) groups excluding carboxylic acids is 2. The molecule has 0 radical (unpaired) electrons. The van der Waals surface area contributed by atoms with Gasteiger partial charge in [-0.1, -0.05) is 68.4 Å². The van der Waals surface area contributed by atoms with Gasteiger partial charge in [-0.15, -0.1) is 0 Å². The van der Waals surface area contributed by atoms with Crippen LogP contribution in [-0.4, -0.2) is 23.5 Å². The minimum atomic E-state index is -1.38. The van der Waals surface area contributed by atoms with E-state index in [0.29, 0.717) is 17.0 Å². The average Bonchev–Trinajstić information content (AvgIpc) is 2.59. The molecule has 0 amide bonds. The Morgan fingerprint density at radius 2 is 1.57 bits per heavy atom. The second-order valence-electron chi connectivity index (χ2n) is 5.62. The standard InChI is InChI=1S/C19H20O4/c1-13(2)14-8-10-15(11-9-14)17(20)12-23-19(22)18(21)16-6-4-3-5-7-16/h3-11,13,18,21H,12H2,1-2H3/t18-/m0/s1. The van der Waals surface area contributed by atoms with Crippen LogP contribution in [0.15, 0.2) is 54.6 Å². The first-order chi connectivity index (χ1) is 11.0. The maximum absolute atomic E-state index is 12.0. The van der Waals surface area contributed by atoms with Crippen LogP contribution in [0.1, 0.15) is 47.4 Å². The van der Waals surface area contributed by atoms with Gasteiger partial charge in [-0.2, -0.15) is 0 Å². The molecule has 0 aliphatic heterocycles. The number of benzene rings is 2. The van der Waals surface area contributed by atoms with Crippen LogP contribution in [0.3, 0.4) is 0 Å². The van der Waals surface area contributed by atoms with E-state index < -0.39 is 12.1 Å². The molecule has 0 aliphatic carbocycles. The summed E-state index contributed by atoms with van der Waals surface area (Å²) in [5.41, 5.74) is 2.06. The van der Waals surface area contributed by atoms with E-state index in [0.717, 1.165) is 5.56 Å². The minimum Gasteiger partial charge on any atom is -0.455 e. The van der Waals surface area contributed by atoms with Crippen molar-refractivity contribution in [3.63, 3.8) is 0 Å². The molecule has 0 unspecified atom stereocenters. The molecule has 1 N–H and O–H groups in total. The molecule has 4 heteroatoms. The molecule has 2 aromatic carbocycles. The molecule has 0 fully saturated rings. The van der Waals surface area contributed by atoms with Crippen LogP contribution >= 0.6 is 0 Å². The first-order valence-corrected chi connectivity index (χ1v) is 7.52. The first-order valence-electron chi connectivity index (χ1n) is 7.52. The first kappa shape index (κ1) is 16.9. The molecule has 0 spiro atoms. The van der Waals surface area contributed by atoms with Gasteiger partial charge in [0.05, 0.1) is 0 Å². The van der Waals surface area contributed by atoms with Gasteiger partial charge in [0.15, 0.2) is 18.5 Å². The number of ketones is 1. The number of esters is 1. The van der Waals surface area contributed by atoms with Crippen LogP contribution in [0.4, 0.5) is 0 Å². The maximum atomic E-state index is 12.0. The predicted octanol–water partition coefficient (Wildman–Crippen LogP) is 3.27. The third-order valence-electron chi connectivity index (χ3n) is 3.58. The SMILES string of the molecule is CC(C)c1ccc(C(=O)COC(=O)[C@@H](O)c2ccccc2)cc1. The molecule has 2 rings (SSSR count). The Balaban J connectivity index is 1.92. The van der Waals surface area contributed by atoms with Gasteiger partial charge in [-0.3, -0.25) is 4.79 Å². The Bertz CT molecular complexity index is 660. The second kappa shape index (κ2) is 7.70. The summed E-state index contributed by atoms with van der Waals surface area (Å²) in [5.74, 6) is -0.740. The number of hydrogen-bond donors (Lipinski definition) is 1. The van der Waals surface area contributed by atoms with Gasteiger partial charge in [0.2, 0.25) is 0 Å². The summed E-state index contributed by atoms with van der Waals surface area (Å²) < 4.78 is 4.91. The molecule has 0 aromatic heterocycles. The highest BCUT2D eigenvalue weighted by atomic mass is 16.5. The van der Waals surface area contributed by atoms with Crippen LogP contribution in [0, 0.1) is 0 Å². The average molecular weight is 312 g/mol. The Labute approximate surface area is 135 Å².